The lowest BCUT2D eigenvalue weighted by Gasteiger charge is -2.37. The van der Waals surface area contributed by atoms with E-state index in [0.717, 1.165) is 54.5 Å². The summed E-state index contributed by atoms with van der Waals surface area (Å²) in [6.45, 7) is 7.37. The topological polar surface area (TPSA) is 42.6 Å². The molecule has 36 heavy (non-hydrogen) atoms. The minimum Gasteiger partial charge on any atom is -0.456 e. The number of aliphatic hydroxyl groups is 1. The number of benzene rings is 5. The highest BCUT2D eigenvalue weighted by Crippen LogP contribution is 2.39. The van der Waals surface area contributed by atoms with Gasteiger partial charge >= 0.3 is 7.48 Å². The van der Waals surface area contributed by atoms with Crippen LogP contribution in [0.1, 0.15) is 27.7 Å². The first-order valence-electron chi connectivity index (χ1n) is 12.3. The summed E-state index contributed by atoms with van der Waals surface area (Å²) in [5, 5.41) is 17.4. The maximum absolute atomic E-state index is 10.6. The van der Waals surface area contributed by atoms with Crippen LogP contribution in [0.5, 0.6) is 0 Å². The van der Waals surface area contributed by atoms with E-state index in [1.165, 1.54) is 5.56 Å². The van der Waals surface area contributed by atoms with Crippen LogP contribution >= 0.6 is 0 Å². The van der Waals surface area contributed by atoms with E-state index in [1.807, 2.05) is 33.5 Å². The molecule has 0 aliphatic heterocycles. The van der Waals surface area contributed by atoms with E-state index in [-0.39, 0.29) is 0 Å². The Labute approximate surface area is 211 Å². The zero-order valence-electron chi connectivity index (χ0n) is 21.0. The predicted molar refractivity (Wildman–Crippen MR) is 151 cm³/mol. The molecule has 0 unspecified atom stereocenters. The highest BCUT2D eigenvalue weighted by Gasteiger charge is 2.36. The van der Waals surface area contributed by atoms with E-state index in [9.17, 15) is 5.11 Å². The lowest BCUT2D eigenvalue weighted by Crippen LogP contribution is -2.49. The maximum Gasteiger partial charge on any atom is 0.332 e. The van der Waals surface area contributed by atoms with Gasteiger partial charge in [0.25, 0.3) is 0 Å². The van der Waals surface area contributed by atoms with Gasteiger partial charge in [0.05, 0.1) is 11.2 Å². The molecule has 5 aromatic carbocycles. The Balaban J connectivity index is 1.60. The average molecular weight is 471 g/mol. The minimum absolute atomic E-state index is 0.763. The summed E-state index contributed by atoms with van der Waals surface area (Å²) < 4.78 is 12.3. The molecule has 0 bridgehead atoms. The second kappa shape index (κ2) is 8.23. The standard InChI is InChI=1S/C32H28BO3/c1-31(2,34)32(3,4)36-33-30-24-14-7-5-12-22(24)29(23-13-6-8-15-25(23)30)20-17-18-28-26(19-20)21-11-9-10-16-27(21)35-28/h5-19,34H,1-4H3. The Kier molecular flexibility index (Phi) is 5.22. The summed E-state index contributed by atoms with van der Waals surface area (Å²) in [7, 11) is 1.82. The van der Waals surface area contributed by atoms with E-state index in [4.69, 9.17) is 9.07 Å². The number of furan rings is 1. The van der Waals surface area contributed by atoms with Gasteiger partial charge < -0.3 is 14.2 Å². The summed E-state index contributed by atoms with van der Waals surface area (Å²) in [5.74, 6) is 0. The molecule has 0 amide bonds. The smallest absolute Gasteiger partial charge is 0.332 e. The van der Waals surface area contributed by atoms with Gasteiger partial charge in [0.2, 0.25) is 0 Å². The van der Waals surface area contributed by atoms with E-state index in [2.05, 4.69) is 78.9 Å². The van der Waals surface area contributed by atoms with Gasteiger partial charge in [-0.2, -0.15) is 0 Å². The molecule has 0 saturated carbocycles. The first-order chi connectivity index (χ1) is 17.2. The summed E-state index contributed by atoms with van der Waals surface area (Å²) in [4.78, 5) is 0. The van der Waals surface area contributed by atoms with E-state index in [1.54, 1.807) is 13.8 Å². The molecule has 0 spiro atoms. The number of fused-ring (bicyclic) bond motifs is 5. The van der Waals surface area contributed by atoms with Gasteiger partial charge in [0.15, 0.2) is 0 Å². The predicted octanol–water partition coefficient (Wildman–Crippen LogP) is 7.37. The zero-order valence-corrected chi connectivity index (χ0v) is 21.0. The molecule has 1 radical (unpaired) electrons. The molecule has 0 aliphatic rings. The van der Waals surface area contributed by atoms with Crippen LogP contribution in [0.25, 0.3) is 54.6 Å². The van der Waals surface area contributed by atoms with E-state index < -0.39 is 11.2 Å². The number of hydrogen-bond donors (Lipinski definition) is 1. The van der Waals surface area contributed by atoms with E-state index in [0.29, 0.717) is 0 Å². The molecule has 0 fully saturated rings. The monoisotopic (exact) mass is 471 g/mol. The van der Waals surface area contributed by atoms with Crippen molar-refractivity contribution in [3.05, 3.63) is 91.0 Å². The Morgan fingerprint density at radius 3 is 1.78 bits per heavy atom. The molecule has 0 aliphatic carbocycles. The van der Waals surface area contributed by atoms with Gasteiger partial charge in [-0.3, -0.25) is 0 Å². The summed E-state index contributed by atoms with van der Waals surface area (Å²) in [6.07, 6.45) is 0. The Morgan fingerprint density at radius 1 is 0.639 bits per heavy atom. The van der Waals surface area contributed by atoms with Crippen LogP contribution in [-0.2, 0) is 4.65 Å². The molecular weight excluding hydrogens is 443 g/mol. The first kappa shape index (κ1) is 22.8. The van der Waals surface area contributed by atoms with Gasteiger partial charge in [-0.1, -0.05) is 72.8 Å². The van der Waals surface area contributed by atoms with Crippen molar-refractivity contribution in [2.24, 2.45) is 0 Å². The highest BCUT2D eigenvalue weighted by molar-refractivity contribution is 6.57. The van der Waals surface area contributed by atoms with Crippen LogP contribution in [-0.4, -0.2) is 23.8 Å². The molecule has 0 atom stereocenters. The molecule has 1 aromatic heterocycles. The zero-order chi connectivity index (χ0) is 25.1. The van der Waals surface area contributed by atoms with Crippen LogP contribution in [0, 0.1) is 0 Å². The van der Waals surface area contributed by atoms with Gasteiger partial charge in [-0.25, -0.2) is 0 Å². The van der Waals surface area contributed by atoms with Crippen molar-refractivity contribution in [2.75, 3.05) is 0 Å². The third kappa shape index (κ3) is 3.60. The number of para-hydroxylation sites is 1. The summed E-state index contributed by atoms with van der Waals surface area (Å²) in [6, 6.07) is 31.6. The lowest BCUT2D eigenvalue weighted by molar-refractivity contribution is -0.0892. The van der Waals surface area contributed by atoms with Crippen molar-refractivity contribution in [2.45, 2.75) is 38.9 Å². The van der Waals surface area contributed by atoms with Crippen molar-refractivity contribution in [1.82, 2.24) is 0 Å². The highest BCUT2D eigenvalue weighted by atomic mass is 16.5. The Bertz CT molecular complexity index is 1700. The maximum atomic E-state index is 10.6. The third-order valence-electron chi connectivity index (χ3n) is 7.58. The van der Waals surface area contributed by atoms with Crippen LogP contribution in [0.4, 0.5) is 0 Å². The summed E-state index contributed by atoms with van der Waals surface area (Å²) in [5.41, 5.74) is 3.37. The van der Waals surface area contributed by atoms with Crippen molar-refractivity contribution in [3.63, 3.8) is 0 Å². The Morgan fingerprint density at radius 2 is 1.17 bits per heavy atom. The first-order valence-corrected chi connectivity index (χ1v) is 12.3. The van der Waals surface area contributed by atoms with Crippen molar-refractivity contribution in [1.29, 1.82) is 0 Å². The van der Waals surface area contributed by atoms with Crippen molar-refractivity contribution < 1.29 is 14.2 Å². The van der Waals surface area contributed by atoms with Crippen LogP contribution < -0.4 is 5.46 Å². The van der Waals surface area contributed by atoms with Crippen LogP contribution in [0.2, 0.25) is 0 Å². The fourth-order valence-electron chi connectivity index (χ4n) is 4.83. The molecule has 6 aromatic rings. The quantitative estimate of drug-likeness (QED) is 0.211. The molecule has 3 nitrogen and oxygen atoms in total. The van der Waals surface area contributed by atoms with Gasteiger partial charge in [-0.05, 0) is 84.0 Å². The third-order valence-corrected chi connectivity index (χ3v) is 7.58. The van der Waals surface area contributed by atoms with Gasteiger partial charge in [0, 0.05) is 10.8 Å². The number of rotatable bonds is 5. The molecule has 1 heterocycles. The molecule has 177 valence electrons. The normalized spacial score (nSPS) is 12.7. The van der Waals surface area contributed by atoms with Crippen LogP contribution in [0.15, 0.2) is 95.4 Å². The molecule has 6 rings (SSSR count). The fourth-order valence-corrected chi connectivity index (χ4v) is 4.83. The largest absolute Gasteiger partial charge is 0.456 e. The lowest BCUT2D eigenvalue weighted by atomic mass is 9.75. The minimum atomic E-state index is -1.00. The number of hydrogen-bond acceptors (Lipinski definition) is 3. The Hall–Kier alpha value is -3.60. The van der Waals surface area contributed by atoms with Crippen molar-refractivity contribution in [3.8, 4) is 11.1 Å². The SMILES string of the molecule is CC(C)(O)C(C)(C)O[B]c1c2ccccc2c(-c2ccc3oc4ccccc4c3c2)c2ccccc12. The molecule has 1 N–H and O–H groups in total. The van der Waals surface area contributed by atoms with Gasteiger partial charge in [0.1, 0.15) is 11.2 Å². The second-order valence-corrected chi connectivity index (χ2v) is 10.5. The van der Waals surface area contributed by atoms with Gasteiger partial charge in [-0.15, -0.1) is 0 Å². The van der Waals surface area contributed by atoms with Crippen LogP contribution in [0.3, 0.4) is 0 Å². The average Bonchev–Trinajstić information content (AvgIpc) is 3.24. The summed E-state index contributed by atoms with van der Waals surface area (Å²) >= 11 is 0. The van der Waals surface area contributed by atoms with Crippen molar-refractivity contribution >= 4 is 56.4 Å². The van der Waals surface area contributed by atoms with E-state index >= 15 is 0 Å². The fraction of sp³-hybridized carbons (Fsp3) is 0.188. The second-order valence-electron chi connectivity index (χ2n) is 10.5. The molecule has 4 heteroatoms. The molecule has 0 saturated heterocycles. The molecular formula is C32H28BO3.